The van der Waals surface area contributed by atoms with Gasteiger partial charge < -0.3 is 0 Å². The van der Waals surface area contributed by atoms with E-state index in [2.05, 4.69) is 141 Å². The van der Waals surface area contributed by atoms with Crippen LogP contribution in [0.5, 0.6) is 0 Å². The Morgan fingerprint density at radius 1 is 0.312 bits per heavy atom. The van der Waals surface area contributed by atoms with Crippen LogP contribution in [0.1, 0.15) is 16.7 Å². The Labute approximate surface area is 373 Å². The van der Waals surface area contributed by atoms with Crippen molar-refractivity contribution in [1.29, 1.82) is 5.26 Å². The lowest BCUT2D eigenvalue weighted by Gasteiger charge is -2.21. The Morgan fingerprint density at radius 3 is 1.08 bits per heavy atom. The largest absolute Gasteiger partial charge is 0.228 e. The standard InChI is InChI=1S/C59H41N5/c1-39-54(42-22-7-3-8-23-42)61-58(62-55(39)43-24-9-4-10-25-43)51-33-17-15-31-48(51)49-36-20-35-47(46-30-19-21-41(37-46)38-60)53(49)50-32-16-18-34-52(50)59-63-56(44-26-11-5-12-27-44)40(2)57(64-59)45-28-13-6-14-29-45/h3-37H,1-2H3. The Hall–Kier alpha value is -8.59. The molecular formula is C59H41N5. The highest BCUT2D eigenvalue weighted by molar-refractivity contribution is 6.01. The van der Waals surface area contributed by atoms with Gasteiger partial charge in [0, 0.05) is 44.5 Å². The second-order valence-electron chi connectivity index (χ2n) is 15.7. The third-order valence-corrected chi connectivity index (χ3v) is 11.7. The Bertz CT molecular complexity index is 3220. The van der Waals surface area contributed by atoms with E-state index in [1.807, 2.05) is 91.0 Å². The first kappa shape index (κ1) is 39.5. The van der Waals surface area contributed by atoms with Gasteiger partial charge in [0.15, 0.2) is 11.6 Å². The second-order valence-corrected chi connectivity index (χ2v) is 15.7. The van der Waals surface area contributed by atoms with E-state index in [1.165, 1.54) is 0 Å². The van der Waals surface area contributed by atoms with Crippen molar-refractivity contribution in [3.63, 3.8) is 0 Å². The molecule has 0 saturated carbocycles. The second kappa shape index (κ2) is 17.4. The number of hydrogen-bond donors (Lipinski definition) is 0. The van der Waals surface area contributed by atoms with Gasteiger partial charge in [-0.15, -0.1) is 0 Å². The van der Waals surface area contributed by atoms with Crippen molar-refractivity contribution in [3.8, 4) is 107 Å². The van der Waals surface area contributed by atoms with E-state index < -0.39 is 0 Å². The van der Waals surface area contributed by atoms with Gasteiger partial charge in [0.2, 0.25) is 0 Å². The lowest BCUT2D eigenvalue weighted by Crippen LogP contribution is -2.03. The van der Waals surface area contributed by atoms with Gasteiger partial charge >= 0.3 is 0 Å². The fourth-order valence-electron chi connectivity index (χ4n) is 8.66. The summed E-state index contributed by atoms with van der Waals surface area (Å²) in [5.74, 6) is 1.23. The van der Waals surface area contributed by atoms with Gasteiger partial charge in [0.1, 0.15) is 0 Å². The Balaban J connectivity index is 1.25. The predicted molar refractivity (Wildman–Crippen MR) is 261 cm³/mol. The summed E-state index contributed by atoms with van der Waals surface area (Å²) in [6.45, 7) is 4.21. The van der Waals surface area contributed by atoms with E-state index in [0.717, 1.165) is 101 Å². The SMILES string of the molecule is Cc1c(-c2ccccc2)nc(-c2ccccc2-c2cccc(-c3cccc(C#N)c3)c2-c2ccccc2-c2nc(-c3ccccc3)c(C)c(-c3ccccc3)n2)nc1-c1ccccc1. The maximum absolute atomic E-state index is 10.1. The van der Waals surface area contributed by atoms with E-state index >= 15 is 0 Å². The minimum absolute atomic E-state index is 0.583. The Kier molecular flexibility index (Phi) is 10.8. The average molecular weight is 820 g/mol. The molecule has 0 unspecified atom stereocenters. The number of nitriles is 1. The molecule has 0 aliphatic heterocycles. The Morgan fingerprint density at radius 2 is 0.641 bits per heavy atom. The van der Waals surface area contributed by atoms with Crippen LogP contribution in [0.2, 0.25) is 0 Å². The van der Waals surface area contributed by atoms with Crippen LogP contribution >= 0.6 is 0 Å². The van der Waals surface area contributed by atoms with Gasteiger partial charge in [0.05, 0.1) is 34.4 Å². The first-order chi connectivity index (χ1) is 31.6. The molecule has 0 bridgehead atoms. The van der Waals surface area contributed by atoms with Gasteiger partial charge in [-0.2, -0.15) is 5.26 Å². The summed E-state index contributed by atoms with van der Waals surface area (Å²) >= 11 is 0. The van der Waals surface area contributed by atoms with Crippen LogP contribution in [0.15, 0.2) is 212 Å². The maximum atomic E-state index is 10.1. The first-order valence-corrected chi connectivity index (χ1v) is 21.4. The molecule has 10 rings (SSSR count). The van der Waals surface area contributed by atoms with E-state index in [-0.39, 0.29) is 0 Å². The number of aromatic nitrogens is 4. The normalized spacial score (nSPS) is 11.0. The molecule has 0 amide bonds. The van der Waals surface area contributed by atoms with Crippen LogP contribution in [0.4, 0.5) is 0 Å². The summed E-state index contributed by atoms with van der Waals surface area (Å²) in [5, 5.41) is 10.1. The molecule has 2 heterocycles. The predicted octanol–water partition coefficient (Wildman–Crippen LogP) is 14.8. The van der Waals surface area contributed by atoms with E-state index in [4.69, 9.17) is 19.9 Å². The fourth-order valence-corrected chi connectivity index (χ4v) is 8.66. The minimum atomic E-state index is 0.583. The molecule has 5 heteroatoms. The molecule has 0 saturated heterocycles. The lowest BCUT2D eigenvalue weighted by molar-refractivity contribution is 1.15. The summed E-state index contributed by atoms with van der Waals surface area (Å²) < 4.78 is 0. The van der Waals surface area contributed by atoms with Gasteiger partial charge in [-0.25, -0.2) is 19.9 Å². The molecule has 0 atom stereocenters. The number of hydrogen-bond acceptors (Lipinski definition) is 5. The monoisotopic (exact) mass is 819 g/mol. The highest BCUT2D eigenvalue weighted by atomic mass is 14.9. The number of rotatable bonds is 9. The minimum Gasteiger partial charge on any atom is -0.228 e. The zero-order chi connectivity index (χ0) is 43.4. The van der Waals surface area contributed by atoms with Crippen LogP contribution in [0.3, 0.4) is 0 Å². The topological polar surface area (TPSA) is 75.3 Å². The van der Waals surface area contributed by atoms with Crippen LogP contribution in [-0.2, 0) is 0 Å². The van der Waals surface area contributed by atoms with Gasteiger partial charge in [-0.3, -0.25) is 0 Å². The first-order valence-electron chi connectivity index (χ1n) is 21.4. The van der Waals surface area contributed by atoms with Crippen LogP contribution < -0.4 is 0 Å². The third kappa shape index (κ3) is 7.55. The molecule has 2 aromatic heterocycles. The van der Waals surface area contributed by atoms with Gasteiger partial charge in [0.25, 0.3) is 0 Å². The molecule has 0 aliphatic carbocycles. The molecule has 0 N–H and O–H groups in total. The molecule has 5 nitrogen and oxygen atoms in total. The number of benzene rings is 8. The van der Waals surface area contributed by atoms with Crippen LogP contribution in [0, 0.1) is 25.2 Å². The van der Waals surface area contributed by atoms with Gasteiger partial charge in [-0.1, -0.05) is 200 Å². The summed E-state index contributed by atoms with van der Waals surface area (Å²) in [4.78, 5) is 21.5. The molecule has 0 radical (unpaired) electrons. The molecule has 0 aliphatic rings. The van der Waals surface area contributed by atoms with Crippen molar-refractivity contribution in [2.24, 2.45) is 0 Å². The summed E-state index contributed by atoms with van der Waals surface area (Å²) in [7, 11) is 0. The van der Waals surface area contributed by atoms with Crippen molar-refractivity contribution in [2.45, 2.75) is 13.8 Å². The van der Waals surface area contributed by atoms with Crippen molar-refractivity contribution in [1.82, 2.24) is 19.9 Å². The molecule has 302 valence electrons. The van der Waals surface area contributed by atoms with Crippen molar-refractivity contribution in [2.75, 3.05) is 0 Å². The maximum Gasteiger partial charge on any atom is 0.161 e. The summed E-state index contributed by atoms with van der Waals surface area (Å²) in [6.07, 6.45) is 0. The molecule has 8 aromatic carbocycles. The molecule has 0 fully saturated rings. The van der Waals surface area contributed by atoms with Crippen molar-refractivity contribution >= 4 is 0 Å². The zero-order valence-electron chi connectivity index (χ0n) is 35.4. The fraction of sp³-hybridized carbons (Fsp3) is 0.0339. The van der Waals surface area contributed by atoms with E-state index in [9.17, 15) is 5.26 Å². The molecular weight excluding hydrogens is 779 g/mol. The highest BCUT2D eigenvalue weighted by Crippen LogP contribution is 2.47. The number of nitrogens with zero attached hydrogens (tertiary/aromatic N) is 5. The smallest absolute Gasteiger partial charge is 0.161 e. The van der Waals surface area contributed by atoms with Crippen molar-refractivity contribution < 1.29 is 0 Å². The summed E-state index contributed by atoms with van der Waals surface area (Å²) in [5.41, 5.74) is 17.7. The van der Waals surface area contributed by atoms with Crippen LogP contribution in [-0.4, -0.2) is 19.9 Å². The zero-order valence-corrected chi connectivity index (χ0v) is 35.4. The van der Waals surface area contributed by atoms with Crippen LogP contribution in [0.25, 0.3) is 101 Å². The molecule has 0 spiro atoms. The highest BCUT2D eigenvalue weighted by Gasteiger charge is 2.24. The molecule has 10 aromatic rings. The van der Waals surface area contributed by atoms with Gasteiger partial charge in [-0.05, 0) is 59.4 Å². The van der Waals surface area contributed by atoms with E-state index in [0.29, 0.717) is 17.2 Å². The van der Waals surface area contributed by atoms with E-state index in [1.54, 1.807) is 0 Å². The summed E-state index contributed by atoms with van der Waals surface area (Å²) in [6, 6.07) is 74.7. The molecule has 64 heavy (non-hydrogen) atoms. The van der Waals surface area contributed by atoms with Crippen molar-refractivity contribution in [3.05, 3.63) is 229 Å². The third-order valence-electron chi connectivity index (χ3n) is 11.7. The lowest BCUT2D eigenvalue weighted by atomic mass is 9.84. The average Bonchev–Trinajstić information content (AvgIpc) is 3.37. The quantitative estimate of drug-likeness (QED) is 0.145.